The number of hydrogen-bond donors (Lipinski definition) is 1. The van der Waals surface area contributed by atoms with Crippen LogP contribution in [0, 0.1) is 5.92 Å². The monoisotopic (exact) mass is 268 g/mol. The Bertz CT molecular complexity index is 383. The summed E-state index contributed by atoms with van der Waals surface area (Å²) in [4.78, 5) is 36.8. The molecule has 0 aromatic rings. The quantitative estimate of drug-likeness (QED) is 0.735. The highest BCUT2D eigenvalue weighted by molar-refractivity contribution is 5.91. The number of hydrogen-bond acceptors (Lipinski definition) is 4. The molecule has 2 saturated heterocycles. The largest absolute Gasteiger partial charge is 0.466 e. The first-order valence-corrected chi connectivity index (χ1v) is 6.86. The van der Waals surface area contributed by atoms with Gasteiger partial charge in [0.25, 0.3) is 0 Å². The van der Waals surface area contributed by atoms with Gasteiger partial charge in [-0.15, -0.1) is 0 Å². The average Bonchev–Trinajstić information content (AvgIpc) is 2.85. The van der Waals surface area contributed by atoms with Crippen molar-refractivity contribution in [2.45, 2.75) is 38.6 Å². The van der Waals surface area contributed by atoms with Gasteiger partial charge in [-0.05, 0) is 26.2 Å². The standard InChI is InChI=1S/C13H20N2O4/c1-2-19-13(18)9-4-3-7-15(8-9)12(17)10-5-6-11(16)14-10/h9-10H,2-8H2,1H3,(H,14,16)/t9-,10+/m1/s1. The zero-order valence-corrected chi connectivity index (χ0v) is 11.2. The Labute approximate surface area is 112 Å². The fraction of sp³-hybridized carbons (Fsp3) is 0.769. The topological polar surface area (TPSA) is 75.7 Å². The Morgan fingerprint density at radius 3 is 2.84 bits per heavy atom. The molecule has 6 heteroatoms. The lowest BCUT2D eigenvalue weighted by Crippen LogP contribution is -2.49. The Morgan fingerprint density at radius 1 is 1.42 bits per heavy atom. The van der Waals surface area contributed by atoms with Crippen LogP contribution in [0.4, 0.5) is 0 Å². The third-order valence-electron chi connectivity index (χ3n) is 3.65. The van der Waals surface area contributed by atoms with Crippen molar-refractivity contribution in [3.05, 3.63) is 0 Å². The van der Waals surface area contributed by atoms with Gasteiger partial charge in [-0.2, -0.15) is 0 Å². The van der Waals surface area contributed by atoms with Crippen LogP contribution >= 0.6 is 0 Å². The van der Waals surface area contributed by atoms with Gasteiger partial charge in [0.15, 0.2) is 0 Å². The highest BCUT2D eigenvalue weighted by Gasteiger charge is 2.35. The zero-order valence-electron chi connectivity index (χ0n) is 11.2. The van der Waals surface area contributed by atoms with Gasteiger partial charge >= 0.3 is 5.97 Å². The number of amides is 2. The lowest BCUT2D eigenvalue weighted by Gasteiger charge is -2.33. The molecule has 0 aromatic heterocycles. The van der Waals surface area contributed by atoms with E-state index in [1.165, 1.54) is 0 Å². The van der Waals surface area contributed by atoms with Crippen LogP contribution in [-0.2, 0) is 19.1 Å². The Hall–Kier alpha value is -1.59. The van der Waals surface area contributed by atoms with E-state index in [0.29, 0.717) is 32.5 Å². The lowest BCUT2D eigenvalue weighted by atomic mass is 9.97. The fourth-order valence-corrected chi connectivity index (χ4v) is 2.65. The van der Waals surface area contributed by atoms with Gasteiger partial charge in [-0.25, -0.2) is 0 Å². The van der Waals surface area contributed by atoms with Crippen LogP contribution in [0.15, 0.2) is 0 Å². The number of likely N-dealkylation sites (tertiary alicyclic amines) is 1. The minimum atomic E-state index is -0.409. The molecule has 0 aliphatic carbocycles. The van der Waals surface area contributed by atoms with Crippen LogP contribution in [0.3, 0.4) is 0 Å². The average molecular weight is 268 g/mol. The van der Waals surface area contributed by atoms with Gasteiger partial charge < -0.3 is 15.0 Å². The van der Waals surface area contributed by atoms with Gasteiger partial charge in [-0.3, -0.25) is 14.4 Å². The lowest BCUT2D eigenvalue weighted by molar-refractivity contribution is -0.151. The van der Waals surface area contributed by atoms with E-state index in [-0.39, 0.29) is 23.7 Å². The molecule has 0 unspecified atom stereocenters. The van der Waals surface area contributed by atoms with Crippen LogP contribution in [0.2, 0.25) is 0 Å². The summed E-state index contributed by atoms with van der Waals surface area (Å²) >= 11 is 0. The van der Waals surface area contributed by atoms with E-state index in [0.717, 1.165) is 12.8 Å². The summed E-state index contributed by atoms with van der Waals surface area (Å²) in [5, 5.41) is 2.67. The van der Waals surface area contributed by atoms with Crippen molar-refractivity contribution >= 4 is 17.8 Å². The maximum atomic E-state index is 12.2. The van der Waals surface area contributed by atoms with Crippen LogP contribution < -0.4 is 5.32 Å². The van der Waals surface area contributed by atoms with Gasteiger partial charge in [0, 0.05) is 19.5 Å². The van der Waals surface area contributed by atoms with E-state index in [1.807, 2.05) is 0 Å². The zero-order chi connectivity index (χ0) is 13.8. The van der Waals surface area contributed by atoms with Crippen LogP contribution in [0.5, 0.6) is 0 Å². The number of esters is 1. The molecule has 0 aromatic carbocycles. The smallest absolute Gasteiger partial charge is 0.310 e. The maximum Gasteiger partial charge on any atom is 0.310 e. The normalized spacial score (nSPS) is 27.0. The number of nitrogens with one attached hydrogen (secondary N) is 1. The van der Waals surface area contributed by atoms with E-state index in [2.05, 4.69) is 5.32 Å². The molecule has 2 aliphatic rings. The maximum absolute atomic E-state index is 12.2. The first kappa shape index (κ1) is 13.8. The van der Waals surface area contributed by atoms with Crippen molar-refractivity contribution in [1.82, 2.24) is 10.2 Å². The van der Waals surface area contributed by atoms with E-state index in [4.69, 9.17) is 4.74 Å². The molecule has 2 rings (SSSR count). The minimum Gasteiger partial charge on any atom is -0.466 e. The number of ether oxygens (including phenoxy) is 1. The van der Waals surface area contributed by atoms with E-state index >= 15 is 0 Å². The number of carbonyl (C=O) groups excluding carboxylic acids is 3. The molecular formula is C13H20N2O4. The SMILES string of the molecule is CCOC(=O)[C@@H]1CCCN(C(=O)[C@@H]2CCC(=O)N2)C1. The Morgan fingerprint density at radius 2 is 2.21 bits per heavy atom. The van der Waals surface area contributed by atoms with Crippen molar-refractivity contribution in [1.29, 1.82) is 0 Å². The van der Waals surface area contributed by atoms with Gasteiger partial charge in [0.05, 0.1) is 12.5 Å². The third kappa shape index (κ3) is 3.24. The molecule has 0 radical (unpaired) electrons. The Balaban J connectivity index is 1.91. The molecule has 0 bridgehead atoms. The van der Waals surface area contributed by atoms with Crippen molar-refractivity contribution in [2.24, 2.45) is 5.92 Å². The van der Waals surface area contributed by atoms with E-state index < -0.39 is 6.04 Å². The molecule has 2 amide bonds. The second-order valence-corrected chi connectivity index (χ2v) is 5.03. The number of piperidine rings is 1. The highest BCUT2D eigenvalue weighted by atomic mass is 16.5. The molecular weight excluding hydrogens is 248 g/mol. The van der Waals surface area contributed by atoms with Crippen LogP contribution in [0.25, 0.3) is 0 Å². The fourth-order valence-electron chi connectivity index (χ4n) is 2.65. The van der Waals surface area contributed by atoms with Crippen molar-refractivity contribution in [2.75, 3.05) is 19.7 Å². The summed E-state index contributed by atoms with van der Waals surface area (Å²) in [6.45, 7) is 3.20. The van der Waals surface area contributed by atoms with Crippen molar-refractivity contribution < 1.29 is 19.1 Å². The molecule has 106 valence electrons. The minimum absolute atomic E-state index is 0.0696. The molecule has 2 heterocycles. The summed E-state index contributed by atoms with van der Waals surface area (Å²) < 4.78 is 5.01. The highest BCUT2D eigenvalue weighted by Crippen LogP contribution is 2.20. The molecule has 1 N–H and O–H groups in total. The second kappa shape index (κ2) is 6.04. The summed E-state index contributed by atoms with van der Waals surface area (Å²) in [5.74, 6) is -0.595. The molecule has 0 spiro atoms. The molecule has 19 heavy (non-hydrogen) atoms. The number of carbonyl (C=O) groups is 3. The van der Waals surface area contributed by atoms with E-state index in [1.54, 1.807) is 11.8 Å². The molecule has 6 nitrogen and oxygen atoms in total. The van der Waals surface area contributed by atoms with E-state index in [9.17, 15) is 14.4 Å². The Kier molecular flexibility index (Phi) is 4.39. The molecule has 2 fully saturated rings. The van der Waals surface area contributed by atoms with Crippen molar-refractivity contribution in [3.8, 4) is 0 Å². The molecule has 2 atom stereocenters. The summed E-state index contributed by atoms with van der Waals surface area (Å²) in [6.07, 6.45) is 2.53. The first-order valence-electron chi connectivity index (χ1n) is 6.86. The van der Waals surface area contributed by atoms with Crippen molar-refractivity contribution in [3.63, 3.8) is 0 Å². The van der Waals surface area contributed by atoms with Gasteiger partial charge in [-0.1, -0.05) is 0 Å². The molecule has 2 aliphatic heterocycles. The first-order chi connectivity index (χ1) is 9.11. The predicted octanol–water partition coefficient (Wildman–Crippen LogP) is 0.0667. The predicted molar refractivity (Wildman–Crippen MR) is 67.1 cm³/mol. The second-order valence-electron chi connectivity index (χ2n) is 5.03. The van der Waals surface area contributed by atoms with Gasteiger partial charge in [0.2, 0.25) is 11.8 Å². The van der Waals surface area contributed by atoms with Crippen LogP contribution in [-0.4, -0.2) is 48.4 Å². The summed E-state index contributed by atoms with van der Waals surface area (Å²) in [5.41, 5.74) is 0. The summed E-state index contributed by atoms with van der Waals surface area (Å²) in [7, 11) is 0. The molecule has 0 saturated carbocycles. The third-order valence-corrected chi connectivity index (χ3v) is 3.65. The number of rotatable bonds is 3. The number of nitrogens with zero attached hydrogens (tertiary/aromatic N) is 1. The summed E-state index contributed by atoms with van der Waals surface area (Å²) in [6, 6.07) is -0.409. The van der Waals surface area contributed by atoms with Crippen LogP contribution in [0.1, 0.15) is 32.6 Å². The van der Waals surface area contributed by atoms with Gasteiger partial charge in [0.1, 0.15) is 6.04 Å².